The number of esters is 1. The van der Waals surface area contributed by atoms with Gasteiger partial charge in [0.05, 0.1) is 18.8 Å². The molecule has 2 N–H and O–H groups in total. The molecule has 3 atom stereocenters. The number of rotatable bonds is 13. The molecular formula is C29H35NO5. The van der Waals surface area contributed by atoms with E-state index in [1.165, 1.54) is 0 Å². The summed E-state index contributed by atoms with van der Waals surface area (Å²) < 4.78 is 10.4. The Labute approximate surface area is 207 Å². The third-order valence-corrected chi connectivity index (χ3v) is 5.92. The minimum absolute atomic E-state index is 0.0537. The minimum Gasteiger partial charge on any atom is -0.482 e. The van der Waals surface area contributed by atoms with Gasteiger partial charge in [-0.3, -0.25) is 4.90 Å². The van der Waals surface area contributed by atoms with Crippen LogP contribution in [0.25, 0.3) is 0 Å². The Bertz CT molecular complexity index is 963. The number of aliphatic hydroxyl groups is 2. The van der Waals surface area contributed by atoms with Gasteiger partial charge in [-0.05, 0) is 49.1 Å². The third kappa shape index (κ3) is 8.51. The van der Waals surface area contributed by atoms with E-state index in [1.54, 1.807) is 6.92 Å². The normalized spacial score (nSPS) is 13.7. The molecule has 0 saturated heterocycles. The van der Waals surface area contributed by atoms with Gasteiger partial charge in [-0.15, -0.1) is 0 Å². The molecule has 0 aromatic heterocycles. The molecule has 0 heterocycles. The van der Waals surface area contributed by atoms with E-state index in [0.29, 0.717) is 25.4 Å². The number of benzene rings is 3. The van der Waals surface area contributed by atoms with Crippen molar-refractivity contribution in [3.8, 4) is 5.75 Å². The number of nitrogens with zero attached hydrogens (tertiary/aromatic N) is 1. The van der Waals surface area contributed by atoms with Crippen molar-refractivity contribution in [3.63, 3.8) is 0 Å². The lowest BCUT2D eigenvalue weighted by Crippen LogP contribution is -2.40. The first-order valence-electron chi connectivity index (χ1n) is 12.0. The molecule has 3 aromatic rings. The maximum atomic E-state index is 11.5. The Hall–Kier alpha value is -3.19. The highest BCUT2D eigenvalue weighted by Gasteiger charge is 2.22. The zero-order valence-corrected chi connectivity index (χ0v) is 20.4. The fraction of sp³-hybridized carbons (Fsp3) is 0.345. The summed E-state index contributed by atoms with van der Waals surface area (Å²) in [6.45, 7) is 4.86. The first kappa shape index (κ1) is 26.4. The van der Waals surface area contributed by atoms with Crippen molar-refractivity contribution in [1.82, 2.24) is 4.90 Å². The summed E-state index contributed by atoms with van der Waals surface area (Å²) in [6, 6.07) is 26.8. The maximum absolute atomic E-state index is 11.5. The van der Waals surface area contributed by atoms with E-state index < -0.39 is 18.2 Å². The Morgan fingerprint density at radius 3 is 1.83 bits per heavy atom. The SMILES string of the molecule is CCOC(=O)COc1ccc(C[C@@H](C)N(C[C@H](O)c2ccccc2)C[C@H](O)c2ccccc2)cc1. The second-order valence-corrected chi connectivity index (χ2v) is 8.60. The number of carbonyl (C=O) groups excluding carboxylic acids is 1. The molecule has 0 unspecified atom stereocenters. The molecule has 6 heteroatoms. The second kappa shape index (κ2) is 13.6. The second-order valence-electron chi connectivity index (χ2n) is 8.60. The summed E-state index contributed by atoms with van der Waals surface area (Å²) in [5.41, 5.74) is 2.79. The lowest BCUT2D eigenvalue weighted by atomic mass is 10.0. The van der Waals surface area contributed by atoms with Gasteiger partial charge in [0.2, 0.25) is 0 Å². The van der Waals surface area contributed by atoms with Crippen LogP contribution in [0.4, 0.5) is 0 Å². The van der Waals surface area contributed by atoms with Gasteiger partial charge >= 0.3 is 5.97 Å². The summed E-state index contributed by atoms with van der Waals surface area (Å²) in [5, 5.41) is 21.8. The van der Waals surface area contributed by atoms with Gasteiger partial charge < -0.3 is 19.7 Å². The maximum Gasteiger partial charge on any atom is 0.344 e. The number of hydrogen-bond acceptors (Lipinski definition) is 6. The molecule has 35 heavy (non-hydrogen) atoms. The predicted octanol–water partition coefficient (Wildman–Crippen LogP) is 4.33. The van der Waals surface area contributed by atoms with Crippen LogP contribution in [0, 0.1) is 0 Å². The predicted molar refractivity (Wildman–Crippen MR) is 136 cm³/mol. The monoisotopic (exact) mass is 477 g/mol. The molecule has 3 aromatic carbocycles. The van der Waals surface area contributed by atoms with Crippen molar-refractivity contribution in [1.29, 1.82) is 0 Å². The van der Waals surface area contributed by atoms with Crippen LogP contribution in [0.1, 0.15) is 42.7 Å². The van der Waals surface area contributed by atoms with Crippen LogP contribution in [-0.2, 0) is 16.0 Å². The van der Waals surface area contributed by atoms with Crippen LogP contribution in [0.2, 0.25) is 0 Å². The summed E-state index contributed by atoms with van der Waals surface area (Å²) in [7, 11) is 0. The van der Waals surface area contributed by atoms with Gasteiger partial charge in [0.25, 0.3) is 0 Å². The Morgan fingerprint density at radius 1 is 0.829 bits per heavy atom. The van der Waals surface area contributed by atoms with Gasteiger partial charge in [-0.1, -0.05) is 72.8 Å². The molecule has 0 bridgehead atoms. The van der Waals surface area contributed by atoms with Crippen LogP contribution in [0.3, 0.4) is 0 Å². The van der Waals surface area contributed by atoms with Crippen molar-refractivity contribution in [3.05, 3.63) is 102 Å². The topological polar surface area (TPSA) is 79.2 Å². The molecule has 0 spiro atoms. The van der Waals surface area contributed by atoms with E-state index in [1.807, 2.05) is 84.9 Å². The van der Waals surface area contributed by atoms with Crippen LogP contribution >= 0.6 is 0 Å². The Balaban J connectivity index is 1.67. The fourth-order valence-corrected chi connectivity index (χ4v) is 3.98. The van der Waals surface area contributed by atoms with Crippen LogP contribution in [0.15, 0.2) is 84.9 Å². The standard InChI is InChI=1S/C29H35NO5/c1-3-34-29(33)21-35-26-16-14-23(15-17-26)18-22(2)30(19-27(31)24-10-6-4-7-11-24)20-28(32)25-12-8-5-9-13-25/h4-17,22,27-28,31-32H,3,18-21H2,1-2H3/t22-,27+,28+/m1/s1. The van der Waals surface area contributed by atoms with E-state index in [-0.39, 0.29) is 12.6 Å². The lowest BCUT2D eigenvalue weighted by molar-refractivity contribution is -0.145. The summed E-state index contributed by atoms with van der Waals surface area (Å²) >= 11 is 0. The van der Waals surface area contributed by atoms with Crippen molar-refractivity contribution >= 4 is 5.97 Å². The minimum atomic E-state index is -0.666. The van der Waals surface area contributed by atoms with Gasteiger partial charge in [-0.2, -0.15) is 0 Å². The van der Waals surface area contributed by atoms with Gasteiger partial charge in [0, 0.05) is 19.1 Å². The summed E-state index contributed by atoms with van der Waals surface area (Å²) in [6.07, 6.45) is -0.609. The molecule has 0 fully saturated rings. The first-order valence-corrected chi connectivity index (χ1v) is 12.0. The lowest BCUT2D eigenvalue weighted by Gasteiger charge is -2.33. The molecule has 3 rings (SSSR count). The number of carbonyl (C=O) groups is 1. The highest BCUT2D eigenvalue weighted by molar-refractivity contribution is 5.71. The molecule has 0 aliphatic heterocycles. The first-order chi connectivity index (χ1) is 17.0. The van der Waals surface area contributed by atoms with E-state index >= 15 is 0 Å². The average Bonchev–Trinajstić information content (AvgIpc) is 2.89. The summed E-state index contributed by atoms with van der Waals surface area (Å²) in [4.78, 5) is 13.6. The molecule has 6 nitrogen and oxygen atoms in total. The Kier molecular flexibility index (Phi) is 10.3. The zero-order chi connectivity index (χ0) is 25.0. The van der Waals surface area contributed by atoms with Gasteiger partial charge in [0.15, 0.2) is 6.61 Å². The number of aliphatic hydroxyl groups excluding tert-OH is 2. The smallest absolute Gasteiger partial charge is 0.344 e. The largest absolute Gasteiger partial charge is 0.482 e. The van der Waals surface area contributed by atoms with E-state index in [2.05, 4.69) is 11.8 Å². The highest BCUT2D eigenvalue weighted by Crippen LogP contribution is 2.22. The van der Waals surface area contributed by atoms with E-state index in [0.717, 1.165) is 23.1 Å². The molecule has 0 radical (unpaired) electrons. The van der Waals surface area contributed by atoms with Crippen LogP contribution in [-0.4, -0.2) is 53.4 Å². The van der Waals surface area contributed by atoms with Crippen molar-refractivity contribution in [2.75, 3.05) is 26.3 Å². The third-order valence-electron chi connectivity index (χ3n) is 5.92. The fourth-order valence-electron chi connectivity index (χ4n) is 3.98. The van der Waals surface area contributed by atoms with Crippen molar-refractivity contribution in [2.24, 2.45) is 0 Å². The molecular weight excluding hydrogens is 442 g/mol. The highest BCUT2D eigenvalue weighted by atomic mass is 16.6. The van der Waals surface area contributed by atoms with E-state index in [4.69, 9.17) is 9.47 Å². The van der Waals surface area contributed by atoms with E-state index in [9.17, 15) is 15.0 Å². The van der Waals surface area contributed by atoms with Crippen LogP contribution in [0.5, 0.6) is 5.75 Å². The number of ether oxygens (including phenoxy) is 2. The molecule has 0 amide bonds. The average molecular weight is 478 g/mol. The molecule has 186 valence electrons. The molecule has 0 aliphatic carbocycles. The van der Waals surface area contributed by atoms with Gasteiger partial charge in [0.1, 0.15) is 5.75 Å². The zero-order valence-electron chi connectivity index (χ0n) is 20.4. The molecule has 0 saturated carbocycles. The number of hydrogen-bond donors (Lipinski definition) is 2. The van der Waals surface area contributed by atoms with Crippen molar-refractivity contribution < 1.29 is 24.5 Å². The molecule has 0 aliphatic rings. The van der Waals surface area contributed by atoms with Gasteiger partial charge in [-0.25, -0.2) is 4.79 Å². The van der Waals surface area contributed by atoms with Crippen LogP contribution < -0.4 is 4.74 Å². The quantitative estimate of drug-likeness (QED) is 0.357. The Morgan fingerprint density at radius 2 is 1.34 bits per heavy atom. The van der Waals surface area contributed by atoms with Crippen molar-refractivity contribution in [2.45, 2.75) is 38.5 Å². The summed E-state index contributed by atoms with van der Waals surface area (Å²) in [5.74, 6) is 0.208.